The van der Waals surface area contributed by atoms with Gasteiger partial charge in [-0.1, -0.05) is 20.8 Å². The first-order chi connectivity index (χ1) is 7.50. The van der Waals surface area contributed by atoms with E-state index >= 15 is 0 Å². The first-order valence-corrected chi connectivity index (χ1v) is 6.95. The monoisotopic (exact) mass is 237 g/mol. The summed E-state index contributed by atoms with van der Waals surface area (Å²) in [6.45, 7) is 6.54. The third kappa shape index (κ3) is 2.70. The average Bonchev–Trinajstić information content (AvgIpc) is 3.01. The van der Waals surface area contributed by atoms with Gasteiger partial charge in [-0.15, -0.1) is 11.8 Å². The Bertz CT molecular complexity index is 380. The van der Waals surface area contributed by atoms with Gasteiger partial charge in [0.25, 0.3) is 0 Å². The van der Waals surface area contributed by atoms with Crippen molar-refractivity contribution in [3.63, 3.8) is 0 Å². The van der Waals surface area contributed by atoms with Crippen LogP contribution in [-0.2, 0) is 5.41 Å². The number of hydrogen-bond donors (Lipinski definition) is 0. The number of thioether (sulfide) groups is 1. The van der Waals surface area contributed by atoms with E-state index in [0.29, 0.717) is 6.10 Å². The topological polar surface area (TPSA) is 22.1 Å². The van der Waals surface area contributed by atoms with Gasteiger partial charge in [0.2, 0.25) is 0 Å². The summed E-state index contributed by atoms with van der Waals surface area (Å²) in [6.07, 6.45) is 4.86. The molecule has 0 unspecified atom stereocenters. The van der Waals surface area contributed by atoms with Gasteiger partial charge >= 0.3 is 0 Å². The predicted octanol–water partition coefficient (Wildman–Crippen LogP) is 3.64. The fraction of sp³-hybridized carbons (Fsp3) is 0.615. The molecule has 88 valence electrons. The molecule has 0 radical (unpaired) electrons. The lowest BCUT2D eigenvalue weighted by molar-refractivity contribution is 0.291. The van der Waals surface area contributed by atoms with Crippen LogP contribution < -0.4 is 4.74 Å². The van der Waals surface area contributed by atoms with Crippen LogP contribution in [0.2, 0.25) is 0 Å². The molecular weight excluding hydrogens is 218 g/mol. The Morgan fingerprint density at radius 3 is 2.50 bits per heavy atom. The summed E-state index contributed by atoms with van der Waals surface area (Å²) in [6, 6.07) is 4.11. The van der Waals surface area contributed by atoms with Crippen molar-refractivity contribution in [3.8, 4) is 5.75 Å². The molecule has 0 atom stereocenters. The van der Waals surface area contributed by atoms with E-state index in [9.17, 15) is 0 Å². The second-order valence-electron chi connectivity index (χ2n) is 5.27. The van der Waals surface area contributed by atoms with Crippen molar-refractivity contribution in [1.82, 2.24) is 4.98 Å². The lowest BCUT2D eigenvalue weighted by Gasteiger charge is -2.22. The molecule has 1 aliphatic rings. The SMILES string of the molecule is CSc1ccc(OC2CC2)c(C(C)(C)C)n1. The molecule has 1 fully saturated rings. The summed E-state index contributed by atoms with van der Waals surface area (Å²) in [5.74, 6) is 0.966. The maximum absolute atomic E-state index is 5.91. The Morgan fingerprint density at radius 1 is 1.31 bits per heavy atom. The first kappa shape index (κ1) is 11.8. The summed E-state index contributed by atoms with van der Waals surface area (Å²) in [5, 5.41) is 1.06. The molecule has 0 aliphatic heterocycles. The van der Waals surface area contributed by atoms with Gasteiger partial charge in [-0.2, -0.15) is 0 Å². The summed E-state index contributed by atoms with van der Waals surface area (Å²) >= 11 is 1.68. The van der Waals surface area contributed by atoms with Gasteiger partial charge in [0.05, 0.1) is 16.8 Å². The molecule has 2 nitrogen and oxygen atoms in total. The second kappa shape index (κ2) is 4.28. The summed E-state index contributed by atoms with van der Waals surface area (Å²) in [4.78, 5) is 4.68. The van der Waals surface area contributed by atoms with Crippen LogP contribution in [0, 0.1) is 0 Å². The fourth-order valence-corrected chi connectivity index (χ4v) is 1.93. The summed E-state index contributed by atoms with van der Waals surface area (Å²) in [5.41, 5.74) is 1.11. The van der Waals surface area contributed by atoms with Gasteiger partial charge in [-0.3, -0.25) is 0 Å². The number of ether oxygens (including phenoxy) is 1. The first-order valence-electron chi connectivity index (χ1n) is 5.73. The quantitative estimate of drug-likeness (QED) is 0.749. The van der Waals surface area contributed by atoms with E-state index in [1.807, 2.05) is 6.07 Å². The smallest absolute Gasteiger partial charge is 0.141 e. The van der Waals surface area contributed by atoms with Crippen LogP contribution in [0.1, 0.15) is 39.3 Å². The maximum Gasteiger partial charge on any atom is 0.141 e. The van der Waals surface area contributed by atoms with Gasteiger partial charge in [0.15, 0.2) is 0 Å². The van der Waals surface area contributed by atoms with E-state index in [1.165, 1.54) is 12.8 Å². The molecule has 1 aromatic rings. The normalized spacial score (nSPS) is 16.2. The number of pyridine rings is 1. The van der Waals surface area contributed by atoms with Gasteiger partial charge in [0, 0.05) is 5.41 Å². The molecule has 0 N–H and O–H groups in total. The van der Waals surface area contributed by atoms with Crippen LogP contribution in [0.3, 0.4) is 0 Å². The minimum absolute atomic E-state index is 0.0377. The molecule has 1 saturated carbocycles. The van der Waals surface area contributed by atoms with E-state index in [1.54, 1.807) is 11.8 Å². The minimum atomic E-state index is 0.0377. The predicted molar refractivity (Wildman–Crippen MR) is 68.4 cm³/mol. The highest BCUT2D eigenvalue weighted by Crippen LogP contribution is 2.35. The average molecular weight is 237 g/mol. The van der Waals surface area contributed by atoms with Crippen molar-refractivity contribution in [2.24, 2.45) is 0 Å². The lowest BCUT2D eigenvalue weighted by Crippen LogP contribution is -2.16. The van der Waals surface area contributed by atoms with Gasteiger partial charge in [-0.05, 0) is 31.2 Å². The Labute approximate surface area is 102 Å². The van der Waals surface area contributed by atoms with Gasteiger partial charge in [0.1, 0.15) is 5.75 Å². The zero-order chi connectivity index (χ0) is 11.8. The van der Waals surface area contributed by atoms with Crippen LogP contribution in [0.15, 0.2) is 17.2 Å². The van der Waals surface area contributed by atoms with Crippen molar-refractivity contribution >= 4 is 11.8 Å². The highest BCUT2D eigenvalue weighted by atomic mass is 32.2. The van der Waals surface area contributed by atoms with Crippen molar-refractivity contribution in [2.75, 3.05) is 6.26 Å². The summed E-state index contributed by atoms with van der Waals surface area (Å²) in [7, 11) is 0. The van der Waals surface area contributed by atoms with Crippen LogP contribution in [0.25, 0.3) is 0 Å². The van der Waals surface area contributed by atoms with E-state index in [-0.39, 0.29) is 5.41 Å². The Hall–Kier alpha value is -0.700. The van der Waals surface area contributed by atoms with Gasteiger partial charge in [-0.25, -0.2) is 4.98 Å². The Morgan fingerprint density at radius 2 is 2.00 bits per heavy atom. The molecular formula is C13H19NOS. The van der Waals surface area contributed by atoms with Crippen molar-refractivity contribution in [3.05, 3.63) is 17.8 Å². The van der Waals surface area contributed by atoms with Crippen molar-refractivity contribution in [1.29, 1.82) is 0 Å². The molecule has 1 heterocycles. The molecule has 0 bridgehead atoms. The fourth-order valence-electron chi connectivity index (χ4n) is 1.54. The van der Waals surface area contributed by atoms with E-state index in [2.05, 4.69) is 38.1 Å². The van der Waals surface area contributed by atoms with Crippen LogP contribution in [-0.4, -0.2) is 17.3 Å². The molecule has 1 aromatic heterocycles. The van der Waals surface area contributed by atoms with E-state index in [4.69, 9.17) is 4.74 Å². The van der Waals surface area contributed by atoms with E-state index in [0.717, 1.165) is 16.5 Å². The molecule has 0 spiro atoms. The molecule has 3 heteroatoms. The zero-order valence-corrected chi connectivity index (χ0v) is 11.2. The van der Waals surface area contributed by atoms with Crippen LogP contribution in [0.4, 0.5) is 0 Å². The van der Waals surface area contributed by atoms with Crippen molar-refractivity contribution in [2.45, 2.75) is 50.2 Å². The number of nitrogens with zero attached hydrogens (tertiary/aromatic N) is 1. The standard InChI is InChI=1S/C13H19NOS/c1-13(2,3)12-10(15-9-5-6-9)7-8-11(14-12)16-4/h7-9H,5-6H2,1-4H3. The zero-order valence-electron chi connectivity index (χ0n) is 10.4. The largest absolute Gasteiger partial charge is 0.488 e. The third-order valence-corrected chi connectivity index (χ3v) is 3.22. The van der Waals surface area contributed by atoms with Crippen LogP contribution >= 0.6 is 11.8 Å². The third-order valence-electron chi connectivity index (χ3n) is 2.57. The number of hydrogen-bond acceptors (Lipinski definition) is 3. The Kier molecular flexibility index (Phi) is 3.15. The lowest BCUT2D eigenvalue weighted by atomic mass is 9.91. The minimum Gasteiger partial charge on any atom is -0.488 e. The number of rotatable bonds is 3. The Balaban J connectivity index is 2.33. The molecule has 1 aliphatic carbocycles. The molecule has 0 amide bonds. The summed E-state index contributed by atoms with van der Waals surface area (Å²) < 4.78 is 5.91. The van der Waals surface area contributed by atoms with Crippen LogP contribution in [0.5, 0.6) is 5.75 Å². The highest BCUT2D eigenvalue weighted by molar-refractivity contribution is 7.98. The van der Waals surface area contributed by atoms with Crippen molar-refractivity contribution < 1.29 is 4.74 Å². The molecule has 16 heavy (non-hydrogen) atoms. The number of aromatic nitrogens is 1. The van der Waals surface area contributed by atoms with Gasteiger partial charge < -0.3 is 4.74 Å². The molecule has 2 rings (SSSR count). The highest BCUT2D eigenvalue weighted by Gasteiger charge is 2.28. The second-order valence-corrected chi connectivity index (χ2v) is 6.09. The maximum atomic E-state index is 5.91. The molecule has 0 aromatic carbocycles. The van der Waals surface area contributed by atoms with E-state index < -0.39 is 0 Å². The molecule has 0 saturated heterocycles.